The summed E-state index contributed by atoms with van der Waals surface area (Å²) in [5.74, 6) is -0.170. The first-order valence-electron chi connectivity index (χ1n) is 11.9. The standard InChI is InChI=1S/C29H33NO2SSi/c1-34(2,3)21-13-20-26(23-14-7-4-8-15-23)30-27(24-16-9-5-10-17-24)22-32-29(31)28(30)33-25-18-11-6-12-19-25/h4-19,21,26-28H,20,22H2,1-3H3/b21-13+/t26-,27+,28?/m0/s1. The normalized spacial score (nSPS) is 20.3. The predicted octanol–water partition coefficient (Wildman–Crippen LogP) is 7.27. The highest BCUT2D eigenvalue weighted by Gasteiger charge is 2.43. The largest absolute Gasteiger partial charge is 0.462 e. The van der Waals surface area contributed by atoms with E-state index < -0.39 is 13.4 Å². The minimum absolute atomic E-state index is 0.0226. The summed E-state index contributed by atoms with van der Waals surface area (Å²) in [5, 5.41) is -0.438. The molecule has 176 valence electrons. The zero-order chi connectivity index (χ0) is 24.0. The van der Waals surface area contributed by atoms with Gasteiger partial charge in [-0.25, -0.2) is 4.79 Å². The molecule has 0 N–H and O–H groups in total. The van der Waals surface area contributed by atoms with Crippen molar-refractivity contribution in [2.24, 2.45) is 0 Å². The Morgan fingerprint density at radius 1 is 0.941 bits per heavy atom. The molecule has 0 saturated carbocycles. The fraction of sp³-hybridized carbons (Fsp3) is 0.276. The van der Waals surface area contributed by atoms with Gasteiger partial charge in [-0.05, 0) is 29.7 Å². The van der Waals surface area contributed by atoms with Crippen molar-refractivity contribution in [3.63, 3.8) is 0 Å². The number of benzene rings is 3. The van der Waals surface area contributed by atoms with E-state index in [4.69, 9.17) is 4.74 Å². The molecule has 1 aliphatic heterocycles. The van der Waals surface area contributed by atoms with Gasteiger partial charge in [0.15, 0.2) is 5.37 Å². The Balaban J connectivity index is 1.79. The quantitative estimate of drug-likeness (QED) is 0.247. The Hall–Kier alpha value is -2.60. The fourth-order valence-corrected chi connectivity index (χ4v) is 6.32. The van der Waals surface area contributed by atoms with E-state index in [-0.39, 0.29) is 18.1 Å². The van der Waals surface area contributed by atoms with Crippen molar-refractivity contribution < 1.29 is 9.53 Å². The maximum atomic E-state index is 13.3. The van der Waals surface area contributed by atoms with Crippen LogP contribution in [0, 0.1) is 0 Å². The number of hydrogen-bond donors (Lipinski definition) is 0. The van der Waals surface area contributed by atoms with Gasteiger partial charge in [0, 0.05) is 10.9 Å². The van der Waals surface area contributed by atoms with Gasteiger partial charge in [0.05, 0.1) is 14.1 Å². The number of carbonyl (C=O) groups excluding carboxylic acids is 1. The zero-order valence-electron chi connectivity index (χ0n) is 20.1. The molecule has 5 heteroatoms. The zero-order valence-corrected chi connectivity index (χ0v) is 21.9. The van der Waals surface area contributed by atoms with Gasteiger partial charge < -0.3 is 4.74 Å². The van der Waals surface area contributed by atoms with Crippen molar-refractivity contribution in [1.29, 1.82) is 0 Å². The van der Waals surface area contributed by atoms with Crippen LogP contribution in [0.3, 0.4) is 0 Å². The summed E-state index contributed by atoms with van der Waals surface area (Å²) in [6.45, 7) is 7.40. The summed E-state index contributed by atoms with van der Waals surface area (Å²) < 4.78 is 5.79. The van der Waals surface area contributed by atoms with Gasteiger partial charge in [0.2, 0.25) is 0 Å². The minimum Gasteiger partial charge on any atom is -0.462 e. The molecule has 34 heavy (non-hydrogen) atoms. The SMILES string of the molecule is C[Si](C)(C)/C=C/C[C@@H](c1ccccc1)N1C(Sc2ccccc2)C(=O)OC[C@@H]1c1ccccc1. The van der Waals surface area contributed by atoms with E-state index in [1.807, 2.05) is 30.3 Å². The Morgan fingerprint density at radius 3 is 2.15 bits per heavy atom. The minimum atomic E-state index is -1.34. The molecule has 0 aliphatic carbocycles. The first kappa shape index (κ1) is 24.5. The van der Waals surface area contributed by atoms with Gasteiger partial charge in [-0.2, -0.15) is 0 Å². The van der Waals surface area contributed by atoms with Crippen LogP contribution in [0.2, 0.25) is 19.6 Å². The molecule has 1 saturated heterocycles. The lowest BCUT2D eigenvalue weighted by atomic mass is 9.96. The molecule has 0 amide bonds. The number of ether oxygens (including phenoxy) is 1. The number of esters is 1. The third-order valence-corrected chi connectivity index (χ3v) is 8.35. The van der Waals surface area contributed by atoms with E-state index in [2.05, 4.69) is 97.0 Å². The van der Waals surface area contributed by atoms with Gasteiger partial charge in [0.1, 0.15) is 6.61 Å². The molecule has 0 radical (unpaired) electrons. The summed E-state index contributed by atoms with van der Waals surface area (Å²) in [5.41, 5.74) is 4.79. The molecule has 0 bridgehead atoms. The fourth-order valence-electron chi connectivity index (χ4n) is 4.32. The van der Waals surface area contributed by atoms with E-state index in [1.165, 1.54) is 11.1 Å². The smallest absolute Gasteiger partial charge is 0.334 e. The summed E-state index contributed by atoms with van der Waals surface area (Å²) in [6, 6.07) is 31.2. The van der Waals surface area contributed by atoms with Crippen LogP contribution in [-0.2, 0) is 9.53 Å². The Morgan fingerprint density at radius 2 is 1.53 bits per heavy atom. The van der Waals surface area contributed by atoms with Crippen LogP contribution >= 0.6 is 11.8 Å². The monoisotopic (exact) mass is 487 g/mol. The van der Waals surface area contributed by atoms with Gasteiger partial charge in [0.25, 0.3) is 0 Å². The van der Waals surface area contributed by atoms with E-state index in [0.29, 0.717) is 6.61 Å². The molecule has 1 aliphatic rings. The molecule has 0 spiro atoms. The number of nitrogens with zero attached hydrogens (tertiary/aromatic N) is 1. The van der Waals surface area contributed by atoms with Crippen LogP contribution in [-0.4, -0.2) is 30.9 Å². The van der Waals surface area contributed by atoms with Crippen LogP contribution in [0.5, 0.6) is 0 Å². The number of rotatable bonds is 8. The van der Waals surface area contributed by atoms with Crippen LogP contribution in [0.15, 0.2) is 108 Å². The number of morpholine rings is 1. The molecule has 1 fully saturated rings. The molecule has 3 aromatic carbocycles. The molecular weight excluding hydrogens is 454 g/mol. The number of hydrogen-bond acceptors (Lipinski definition) is 4. The lowest BCUT2D eigenvalue weighted by Gasteiger charge is -2.45. The van der Waals surface area contributed by atoms with Crippen molar-refractivity contribution in [1.82, 2.24) is 4.90 Å². The van der Waals surface area contributed by atoms with Crippen molar-refractivity contribution in [2.75, 3.05) is 6.61 Å². The average Bonchev–Trinajstić information content (AvgIpc) is 2.84. The summed E-state index contributed by atoms with van der Waals surface area (Å²) >= 11 is 1.58. The highest BCUT2D eigenvalue weighted by molar-refractivity contribution is 8.00. The highest BCUT2D eigenvalue weighted by Crippen LogP contribution is 2.43. The van der Waals surface area contributed by atoms with Crippen molar-refractivity contribution in [3.05, 3.63) is 114 Å². The summed E-state index contributed by atoms with van der Waals surface area (Å²) in [6.07, 6.45) is 3.17. The van der Waals surface area contributed by atoms with Gasteiger partial charge in [-0.1, -0.05) is 122 Å². The lowest BCUT2D eigenvalue weighted by Crippen LogP contribution is -2.50. The lowest BCUT2D eigenvalue weighted by molar-refractivity contribution is -0.159. The number of thioether (sulfide) groups is 1. The first-order valence-corrected chi connectivity index (χ1v) is 16.3. The average molecular weight is 488 g/mol. The van der Waals surface area contributed by atoms with Gasteiger partial charge >= 0.3 is 5.97 Å². The topological polar surface area (TPSA) is 29.5 Å². The van der Waals surface area contributed by atoms with Crippen LogP contribution in [0.25, 0.3) is 0 Å². The first-order chi connectivity index (χ1) is 16.4. The van der Waals surface area contributed by atoms with Crippen molar-refractivity contribution in [2.45, 2.75) is 48.4 Å². The molecule has 3 nitrogen and oxygen atoms in total. The molecular formula is C29H33NO2SSi. The third-order valence-electron chi connectivity index (χ3n) is 5.91. The van der Waals surface area contributed by atoms with E-state index in [9.17, 15) is 4.79 Å². The molecule has 3 aromatic rings. The van der Waals surface area contributed by atoms with Gasteiger partial charge in [-0.3, -0.25) is 4.90 Å². The second kappa shape index (κ2) is 11.2. The van der Waals surface area contributed by atoms with E-state index in [1.54, 1.807) is 11.8 Å². The second-order valence-corrected chi connectivity index (χ2v) is 15.9. The molecule has 3 atom stereocenters. The molecule has 1 unspecified atom stereocenters. The highest BCUT2D eigenvalue weighted by atomic mass is 32.2. The predicted molar refractivity (Wildman–Crippen MR) is 144 cm³/mol. The summed E-state index contributed by atoms with van der Waals surface area (Å²) in [7, 11) is -1.34. The molecule has 0 aromatic heterocycles. The van der Waals surface area contributed by atoms with Crippen molar-refractivity contribution in [3.8, 4) is 0 Å². The van der Waals surface area contributed by atoms with E-state index in [0.717, 1.165) is 11.3 Å². The van der Waals surface area contributed by atoms with E-state index >= 15 is 0 Å². The third kappa shape index (κ3) is 6.29. The Kier molecular flexibility index (Phi) is 8.09. The Bertz CT molecular complexity index is 1080. The van der Waals surface area contributed by atoms with Crippen LogP contribution in [0.4, 0.5) is 0 Å². The molecule has 1 heterocycles. The van der Waals surface area contributed by atoms with Crippen LogP contribution < -0.4 is 0 Å². The maximum absolute atomic E-state index is 13.3. The Labute approximate surface area is 208 Å². The summed E-state index contributed by atoms with van der Waals surface area (Å²) in [4.78, 5) is 16.7. The van der Waals surface area contributed by atoms with Gasteiger partial charge in [-0.15, -0.1) is 0 Å². The number of cyclic esters (lactones) is 1. The maximum Gasteiger partial charge on any atom is 0.334 e. The van der Waals surface area contributed by atoms with Crippen molar-refractivity contribution >= 4 is 25.8 Å². The molecule has 4 rings (SSSR count). The van der Waals surface area contributed by atoms with Crippen LogP contribution in [0.1, 0.15) is 29.6 Å². The second-order valence-electron chi connectivity index (χ2n) is 9.72. The number of carbonyl (C=O) groups is 1.